The number of amides is 1. The zero-order valence-corrected chi connectivity index (χ0v) is 34.1. The molecule has 0 aromatic heterocycles. The molecule has 6 rings (SSSR count). The standard InChI is InChI=1S/C46H70N2O3/c1-13-48(12)29-28-47-40(50)46-25-20-33(30(2)3)38(46)35-18-19-37-43(9)23-21-34(31-14-16-32(17-15-31)39(49)51-41(4,5)6)42(7,8)36(43)22-24-45(37,11)44(35,10)26-27-46/h14-17,21,33,35-38H,2,13,18-20,22-29H2,1,3-12H3,(H,47,50)/t33-,35+,36-,37+,38+,43-,44+,45+,46-/m0/s1. The van der Waals surface area contributed by atoms with Gasteiger partial charge < -0.3 is 15.0 Å². The van der Waals surface area contributed by atoms with Crippen LogP contribution in [0.25, 0.3) is 5.57 Å². The summed E-state index contributed by atoms with van der Waals surface area (Å²) in [5, 5.41) is 3.46. The van der Waals surface area contributed by atoms with Crippen LogP contribution in [0.3, 0.4) is 0 Å². The minimum atomic E-state index is -0.510. The molecule has 4 fully saturated rings. The molecule has 1 aromatic carbocycles. The first-order valence-electron chi connectivity index (χ1n) is 20.4. The summed E-state index contributed by atoms with van der Waals surface area (Å²) in [5.41, 5.74) is 4.45. The molecule has 51 heavy (non-hydrogen) atoms. The molecule has 0 aliphatic heterocycles. The maximum atomic E-state index is 14.4. The highest BCUT2D eigenvalue weighted by Crippen LogP contribution is 2.77. The molecular formula is C46H70N2O3. The third-order valence-corrected chi connectivity index (χ3v) is 16.2. The zero-order chi connectivity index (χ0) is 37.4. The number of benzene rings is 1. The van der Waals surface area contributed by atoms with Crippen LogP contribution in [-0.2, 0) is 9.53 Å². The molecule has 0 spiro atoms. The van der Waals surface area contributed by atoms with Crippen LogP contribution in [0.5, 0.6) is 0 Å². The number of hydrogen-bond donors (Lipinski definition) is 1. The van der Waals surface area contributed by atoms with Gasteiger partial charge in [-0.1, -0.05) is 71.9 Å². The fourth-order valence-electron chi connectivity index (χ4n) is 13.5. The fourth-order valence-corrected chi connectivity index (χ4v) is 13.5. The summed E-state index contributed by atoms with van der Waals surface area (Å²) < 4.78 is 5.65. The highest BCUT2D eigenvalue weighted by molar-refractivity contribution is 5.90. The van der Waals surface area contributed by atoms with Crippen molar-refractivity contribution in [3.63, 3.8) is 0 Å². The summed E-state index contributed by atoms with van der Waals surface area (Å²) in [5.74, 6) is 2.67. The van der Waals surface area contributed by atoms with E-state index in [1.54, 1.807) is 0 Å². The van der Waals surface area contributed by atoms with Crippen LogP contribution in [0.4, 0.5) is 0 Å². The normalized spacial score (nSPS) is 38.4. The number of nitrogens with zero attached hydrogens (tertiary/aromatic N) is 1. The van der Waals surface area contributed by atoms with E-state index in [2.05, 4.69) is 90.5 Å². The molecule has 0 heterocycles. The molecule has 5 aliphatic rings. The number of hydrogen-bond acceptors (Lipinski definition) is 4. The number of likely N-dealkylation sites (N-methyl/N-ethyl adjacent to an activating group) is 1. The van der Waals surface area contributed by atoms with Crippen LogP contribution >= 0.6 is 0 Å². The van der Waals surface area contributed by atoms with Crippen molar-refractivity contribution in [2.24, 2.45) is 56.7 Å². The van der Waals surface area contributed by atoms with E-state index in [4.69, 9.17) is 4.74 Å². The van der Waals surface area contributed by atoms with Gasteiger partial charge in [0.2, 0.25) is 5.91 Å². The Kier molecular flexibility index (Phi) is 9.90. The summed E-state index contributed by atoms with van der Waals surface area (Å²) >= 11 is 0. The number of allylic oxidation sites excluding steroid dienone is 3. The van der Waals surface area contributed by atoms with Crippen molar-refractivity contribution in [2.45, 2.75) is 133 Å². The first-order valence-corrected chi connectivity index (χ1v) is 20.4. The molecule has 5 heteroatoms. The molecule has 282 valence electrons. The van der Waals surface area contributed by atoms with E-state index < -0.39 is 5.60 Å². The predicted molar refractivity (Wildman–Crippen MR) is 210 cm³/mol. The number of rotatable bonds is 8. The maximum absolute atomic E-state index is 14.4. The van der Waals surface area contributed by atoms with Crippen LogP contribution in [0.1, 0.15) is 143 Å². The Balaban J connectivity index is 1.28. The van der Waals surface area contributed by atoms with Gasteiger partial charge in [0.25, 0.3) is 0 Å². The molecule has 0 unspecified atom stereocenters. The molecule has 9 atom stereocenters. The molecule has 4 saturated carbocycles. The lowest BCUT2D eigenvalue weighted by molar-refractivity contribution is -0.225. The number of carbonyl (C=O) groups excluding carboxylic acids is 2. The van der Waals surface area contributed by atoms with E-state index in [-0.39, 0.29) is 33.0 Å². The Hall–Kier alpha value is -2.40. The highest BCUT2D eigenvalue weighted by atomic mass is 16.6. The summed E-state index contributed by atoms with van der Waals surface area (Å²) in [6, 6.07) is 8.17. The number of fused-ring (bicyclic) bond motifs is 7. The van der Waals surface area contributed by atoms with Crippen LogP contribution in [0, 0.1) is 56.7 Å². The molecule has 0 radical (unpaired) electrons. The third-order valence-electron chi connectivity index (χ3n) is 16.2. The van der Waals surface area contributed by atoms with Gasteiger partial charge >= 0.3 is 5.97 Å². The van der Waals surface area contributed by atoms with Gasteiger partial charge in [0.1, 0.15) is 5.60 Å². The molecule has 5 aliphatic carbocycles. The first-order chi connectivity index (χ1) is 23.7. The topological polar surface area (TPSA) is 58.6 Å². The second-order valence-electron chi connectivity index (χ2n) is 20.1. The maximum Gasteiger partial charge on any atom is 0.338 e. The van der Waals surface area contributed by atoms with E-state index in [0.717, 1.165) is 51.7 Å². The minimum Gasteiger partial charge on any atom is -0.456 e. The molecule has 1 aromatic rings. The summed E-state index contributed by atoms with van der Waals surface area (Å²) in [7, 11) is 2.13. The highest BCUT2D eigenvalue weighted by Gasteiger charge is 2.71. The lowest BCUT2D eigenvalue weighted by atomic mass is 9.32. The minimum absolute atomic E-state index is 0.0155. The van der Waals surface area contributed by atoms with Gasteiger partial charge in [0.05, 0.1) is 11.0 Å². The second kappa shape index (κ2) is 13.2. The van der Waals surface area contributed by atoms with E-state index in [1.165, 1.54) is 42.4 Å². The van der Waals surface area contributed by atoms with E-state index in [1.807, 2.05) is 32.9 Å². The fraction of sp³-hybridized carbons (Fsp3) is 0.739. The number of esters is 1. The Bertz CT molecular complexity index is 1550. The largest absolute Gasteiger partial charge is 0.456 e. The summed E-state index contributed by atoms with van der Waals surface area (Å²) in [6.45, 7) is 30.3. The van der Waals surface area contributed by atoms with Gasteiger partial charge in [-0.3, -0.25) is 4.79 Å². The first kappa shape index (κ1) is 38.3. The van der Waals surface area contributed by atoms with Crippen molar-refractivity contribution >= 4 is 17.4 Å². The zero-order valence-electron chi connectivity index (χ0n) is 34.1. The molecule has 1 N–H and O–H groups in total. The van der Waals surface area contributed by atoms with E-state index in [9.17, 15) is 9.59 Å². The van der Waals surface area contributed by atoms with Crippen LogP contribution < -0.4 is 5.32 Å². The molecule has 5 nitrogen and oxygen atoms in total. The third kappa shape index (κ3) is 6.08. The van der Waals surface area contributed by atoms with Crippen LogP contribution in [0.15, 0.2) is 42.5 Å². The van der Waals surface area contributed by atoms with Crippen molar-refractivity contribution in [1.29, 1.82) is 0 Å². The average Bonchev–Trinajstić information content (AvgIpc) is 3.45. The van der Waals surface area contributed by atoms with Crippen LogP contribution in [0.2, 0.25) is 0 Å². The number of carbonyl (C=O) groups is 2. The number of nitrogens with one attached hydrogen (secondary N) is 1. The quantitative estimate of drug-likeness (QED) is 0.217. The van der Waals surface area contributed by atoms with Gasteiger partial charge in [0, 0.05) is 13.1 Å². The van der Waals surface area contributed by atoms with Gasteiger partial charge in [-0.25, -0.2) is 4.79 Å². The molecule has 0 saturated heterocycles. The second-order valence-corrected chi connectivity index (χ2v) is 20.1. The summed E-state index contributed by atoms with van der Waals surface area (Å²) in [6.07, 6.45) is 12.9. The van der Waals surface area contributed by atoms with Crippen molar-refractivity contribution in [2.75, 3.05) is 26.7 Å². The predicted octanol–water partition coefficient (Wildman–Crippen LogP) is 10.4. The van der Waals surface area contributed by atoms with Crippen LogP contribution in [-0.4, -0.2) is 49.1 Å². The SMILES string of the molecule is C=C(C)[C@@H]1CC[C@]2(C(=O)NCCN(C)CC)CC[C@]3(C)[C@H](CC[C@@H]4[C@@]5(C)CC=C(c6ccc(C(=O)OC(C)(C)C)cc6)C(C)(C)[C@@H]5CC[C@]43C)[C@@H]12. The average molecular weight is 699 g/mol. The Morgan fingerprint density at radius 1 is 0.922 bits per heavy atom. The van der Waals surface area contributed by atoms with Gasteiger partial charge in [-0.15, -0.1) is 0 Å². The van der Waals surface area contributed by atoms with Gasteiger partial charge in [0.15, 0.2) is 0 Å². The summed E-state index contributed by atoms with van der Waals surface area (Å²) in [4.78, 5) is 29.4. The molecular weight excluding hydrogens is 629 g/mol. The van der Waals surface area contributed by atoms with E-state index in [0.29, 0.717) is 41.1 Å². The Labute approximate surface area is 310 Å². The van der Waals surface area contributed by atoms with Gasteiger partial charge in [-0.05, 0) is 174 Å². The molecule has 1 amide bonds. The van der Waals surface area contributed by atoms with Crippen molar-refractivity contribution in [3.05, 3.63) is 53.6 Å². The lowest BCUT2D eigenvalue weighted by Gasteiger charge is -2.72. The monoisotopic (exact) mass is 699 g/mol. The lowest BCUT2D eigenvalue weighted by Crippen LogP contribution is -2.66. The molecule has 0 bridgehead atoms. The van der Waals surface area contributed by atoms with Crippen molar-refractivity contribution in [1.82, 2.24) is 10.2 Å². The Morgan fingerprint density at radius 3 is 2.24 bits per heavy atom. The number of ether oxygens (including phenoxy) is 1. The van der Waals surface area contributed by atoms with Gasteiger partial charge in [-0.2, -0.15) is 0 Å². The Morgan fingerprint density at radius 2 is 1.61 bits per heavy atom. The van der Waals surface area contributed by atoms with Crippen molar-refractivity contribution in [3.8, 4) is 0 Å². The van der Waals surface area contributed by atoms with Crippen molar-refractivity contribution < 1.29 is 14.3 Å². The smallest absolute Gasteiger partial charge is 0.338 e. The van der Waals surface area contributed by atoms with E-state index >= 15 is 0 Å².